The molecule has 3 rings (SSSR count). The molecule has 2 aliphatic rings. The Morgan fingerprint density at radius 2 is 1.71 bits per heavy atom. The van der Waals surface area contributed by atoms with Crippen LogP contribution in [0.5, 0.6) is 5.75 Å². The molecule has 188 valence electrons. The van der Waals surface area contributed by atoms with E-state index in [1.165, 1.54) is 0 Å². The first kappa shape index (κ1) is 26.4. The van der Waals surface area contributed by atoms with Crippen LogP contribution < -0.4 is 15.5 Å². The molecule has 2 fully saturated rings. The van der Waals surface area contributed by atoms with Crippen molar-refractivity contribution < 1.29 is 28.4 Å². The van der Waals surface area contributed by atoms with Crippen LogP contribution in [0.15, 0.2) is 18.2 Å². The third-order valence-electron chi connectivity index (χ3n) is 6.75. The number of alkyl carbamates (subject to hydrolysis) is 1. The van der Waals surface area contributed by atoms with Gasteiger partial charge in [0.1, 0.15) is 11.4 Å². The Bertz CT molecular complexity index is 887. The quantitative estimate of drug-likeness (QED) is 0.661. The molecule has 1 aromatic carbocycles. The van der Waals surface area contributed by atoms with Crippen molar-refractivity contribution in [2.24, 2.45) is 0 Å². The topological polar surface area (TPSA) is 86.3 Å². The van der Waals surface area contributed by atoms with Gasteiger partial charge in [0.05, 0.1) is 24.7 Å². The van der Waals surface area contributed by atoms with Gasteiger partial charge in [-0.3, -0.25) is 4.79 Å². The van der Waals surface area contributed by atoms with Gasteiger partial charge < -0.3 is 29.0 Å². The number of carbonyl (C=O) groups is 2. The second kappa shape index (κ2) is 9.78. The number of nitrogens with one attached hydrogen (secondary N) is 1. The molecule has 0 saturated carbocycles. The molecule has 1 N–H and O–H groups in total. The van der Waals surface area contributed by atoms with E-state index in [4.69, 9.17) is 18.8 Å². The summed E-state index contributed by atoms with van der Waals surface area (Å²) in [4.78, 5) is 26.8. The van der Waals surface area contributed by atoms with Crippen LogP contribution in [0.1, 0.15) is 66.9 Å². The highest BCUT2D eigenvalue weighted by Gasteiger charge is 2.51. The Balaban J connectivity index is 1.57. The number of rotatable bonds is 5. The van der Waals surface area contributed by atoms with Gasteiger partial charge in [-0.25, -0.2) is 4.79 Å². The van der Waals surface area contributed by atoms with Gasteiger partial charge in [0.25, 0.3) is 0 Å². The van der Waals surface area contributed by atoms with E-state index < -0.39 is 30.0 Å². The number of hydrogen-bond acceptors (Lipinski definition) is 6. The summed E-state index contributed by atoms with van der Waals surface area (Å²) in [5.74, 6) is 0.680. The van der Waals surface area contributed by atoms with Crippen molar-refractivity contribution in [1.82, 2.24) is 10.2 Å². The number of ether oxygens (including phenoxy) is 2. The van der Waals surface area contributed by atoms with E-state index in [0.29, 0.717) is 31.7 Å². The fraction of sp³-hybridized carbons (Fsp3) is 0.680. The lowest BCUT2D eigenvalue weighted by atomic mass is 9.78. The molecular weight excluding hydrogens is 435 g/mol. The summed E-state index contributed by atoms with van der Waals surface area (Å²) >= 11 is 0. The molecule has 0 bridgehead atoms. The Morgan fingerprint density at radius 3 is 2.24 bits per heavy atom. The van der Waals surface area contributed by atoms with Crippen molar-refractivity contribution >= 4 is 24.6 Å². The summed E-state index contributed by atoms with van der Waals surface area (Å²) in [6, 6.07) is 5.74. The van der Waals surface area contributed by atoms with Gasteiger partial charge >= 0.3 is 13.2 Å². The maximum atomic E-state index is 13.0. The number of nitrogens with zero attached hydrogens (tertiary/aromatic N) is 1. The SMILES string of the molecule is COc1cc(B2OC(C)(C)C(C)(C)O2)ccc1CC(=O)N1CCC(NC(=O)OC(C)(C)C)CC1. The number of hydrogen-bond donors (Lipinski definition) is 1. The average Bonchev–Trinajstić information content (AvgIpc) is 2.94. The summed E-state index contributed by atoms with van der Waals surface area (Å²) in [6.45, 7) is 14.8. The van der Waals surface area contributed by atoms with Crippen LogP contribution in [-0.2, 0) is 25.3 Å². The lowest BCUT2D eigenvalue weighted by Gasteiger charge is -2.33. The molecule has 0 unspecified atom stereocenters. The second-order valence-electron chi connectivity index (χ2n) is 11.1. The zero-order valence-electron chi connectivity index (χ0n) is 21.8. The summed E-state index contributed by atoms with van der Waals surface area (Å²) in [5.41, 5.74) is 0.300. The minimum atomic E-state index is -0.530. The van der Waals surface area contributed by atoms with Crippen LogP contribution in [-0.4, -0.2) is 67.1 Å². The summed E-state index contributed by atoms with van der Waals surface area (Å²) in [6.07, 6.45) is 1.23. The number of methoxy groups -OCH3 is 1. The molecule has 2 heterocycles. The van der Waals surface area contributed by atoms with Crippen molar-refractivity contribution in [2.75, 3.05) is 20.2 Å². The molecular formula is C25H39BN2O6. The fourth-order valence-electron chi connectivity index (χ4n) is 4.06. The van der Waals surface area contributed by atoms with Crippen LogP contribution in [0.3, 0.4) is 0 Å². The molecule has 9 heteroatoms. The molecule has 0 aromatic heterocycles. The average molecular weight is 474 g/mol. The molecule has 2 saturated heterocycles. The number of benzene rings is 1. The summed E-state index contributed by atoms with van der Waals surface area (Å²) < 4.78 is 23.2. The highest BCUT2D eigenvalue weighted by Crippen LogP contribution is 2.36. The zero-order chi connectivity index (χ0) is 25.3. The van der Waals surface area contributed by atoms with E-state index in [2.05, 4.69) is 5.32 Å². The van der Waals surface area contributed by atoms with Crippen LogP contribution in [0.25, 0.3) is 0 Å². The van der Waals surface area contributed by atoms with Gasteiger partial charge in [-0.15, -0.1) is 0 Å². The van der Waals surface area contributed by atoms with E-state index in [1.807, 2.05) is 71.6 Å². The molecule has 1 aromatic rings. The number of piperidine rings is 1. The van der Waals surface area contributed by atoms with Gasteiger partial charge in [0.2, 0.25) is 5.91 Å². The normalized spacial score (nSPS) is 20.2. The van der Waals surface area contributed by atoms with E-state index in [-0.39, 0.29) is 18.4 Å². The predicted molar refractivity (Wildman–Crippen MR) is 131 cm³/mol. The minimum Gasteiger partial charge on any atom is -0.496 e. The van der Waals surface area contributed by atoms with Crippen molar-refractivity contribution in [2.45, 2.75) is 90.6 Å². The molecule has 34 heavy (non-hydrogen) atoms. The van der Waals surface area contributed by atoms with Crippen LogP contribution >= 0.6 is 0 Å². The number of likely N-dealkylation sites (tertiary alicyclic amines) is 1. The lowest BCUT2D eigenvalue weighted by Crippen LogP contribution is -2.48. The first-order chi connectivity index (χ1) is 15.7. The maximum absolute atomic E-state index is 13.0. The second-order valence-corrected chi connectivity index (χ2v) is 11.1. The Morgan fingerprint density at radius 1 is 1.12 bits per heavy atom. The molecule has 2 amide bonds. The van der Waals surface area contributed by atoms with Crippen molar-refractivity contribution in [3.8, 4) is 5.75 Å². The largest absolute Gasteiger partial charge is 0.496 e. The number of amides is 2. The van der Waals surface area contributed by atoms with Gasteiger partial charge in [0.15, 0.2) is 0 Å². The third-order valence-corrected chi connectivity index (χ3v) is 6.75. The minimum absolute atomic E-state index is 0.00707. The smallest absolute Gasteiger partial charge is 0.494 e. The first-order valence-corrected chi connectivity index (χ1v) is 12.0. The summed E-state index contributed by atoms with van der Waals surface area (Å²) in [5, 5.41) is 2.90. The van der Waals surface area contributed by atoms with E-state index in [0.717, 1.165) is 11.0 Å². The standard InChI is InChI=1S/C25H39BN2O6/c1-23(2,3)32-22(30)27-19-11-13-28(14-12-19)21(29)15-17-9-10-18(16-20(17)31-8)26-33-24(4,5)25(6,7)34-26/h9-10,16,19H,11-15H2,1-8H3,(H,27,30). The van der Waals surface area contributed by atoms with E-state index in [1.54, 1.807) is 7.11 Å². The van der Waals surface area contributed by atoms with Gasteiger partial charge in [0, 0.05) is 24.7 Å². The fourth-order valence-corrected chi connectivity index (χ4v) is 4.06. The Labute approximate surface area is 203 Å². The highest BCUT2D eigenvalue weighted by atomic mass is 16.7. The van der Waals surface area contributed by atoms with E-state index in [9.17, 15) is 9.59 Å². The van der Waals surface area contributed by atoms with Crippen molar-refractivity contribution in [3.63, 3.8) is 0 Å². The Kier molecular flexibility index (Phi) is 7.58. The van der Waals surface area contributed by atoms with Crippen LogP contribution in [0, 0.1) is 0 Å². The molecule has 0 atom stereocenters. The molecule has 0 aliphatic carbocycles. The van der Waals surface area contributed by atoms with Gasteiger partial charge in [-0.1, -0.05) is 12.1 Å². The zero-order valence-corrected chi connectivity index (χ0v) is 21.8. The van der Waals surface area contributed by atoms with Crippen LogP contribution in [0.2, 0.25) is 0 Å². The van der Waals surface area contributed by atoms with Crippen LogP contribution in [0.4, 0.5) is 4.79 Å². The molecule has 2 aliphatic heterocycles. The predicted octanol–water partition coefficient (Wildman–Crippen LogP) is 3.05. The summed E-state index contributed by atoms with van der Waals surface area (Å²) in [7, 11) is 1.12. The molecule has 8 nitrogen and oxygen atoms in total. The molecule has 0 spiro atoms. The Hall–Kier alpha value is -2.26. The highest BCUT2D eigenvalue weighted by molar-refractivity contribution is 6.62. The van der Waals surface area contributed by atoms with Crippen molar-refractivity contribution in [3.05, 3.63) is 23.8 Å². The lowest BCUT2D eigenvalue weighted by molar-refractivity contribution is -0.131. The monoisotopic (exact) mass is 474 g/mol. The van der Waals surface area contributed by atoms with E-state index >= 15 is 0 Å². The molecule has 0 radical (unpaired) electrons. The van der Waals surface area contributed by atoms with Gasteiger partial charge in [-0.05, 0) is 72.8 Å². The number of carbonyl (C=O) groups excluding carboxylic acids is 2. The van der Waals surface area contributed by atoms with Crippen molar-refractivity contribution in [1.29, 1.82) is 0 Å². The van der Waals surface area contributed by atoms with Gasteiger partial charge in [-0.2, -0.15) is 0 Å². The third kappa shape index (κ3) is 6.24. The first-order valence-electron chi connectivity index (χ1n) is 12.0. The maximum Gasteiger partial charge on any atom is 0.494 e.